The van der Waals surface area contributed by atoms with Crippen molar-refractivity contribution in [3.05, 3.63) is 42.1 Å². The number of nitrogens with zero attached hydrogens (tertiary/aromatic N) is 2. The molecule has 0 atom stereocenters. The average molecular weight is 243 g/mol. The Balaban J connectivity index is 2.28. The van der Waals surface area contributed by atoms with Crippen LogP contribution in [0.1, 0.15) is 5.56 Å². The lowest BCUT2D eigenvalue weighted by Crippen LogP contribution is -2.11. The quantitative estimate of drug-likeness (QED) is 0.900. The molecule has 0 spiro atoms. The lowest BCUT2D eigenvalue weighted by Gasteiger charge is -2.19. The minimum absolute atomic E-state index is 0.710. The van der Waals surface area contributed by atoms with Crippen molar-refractivity contribution in [1.29, 1.82) is 0 Å². The second kappa shape index (κ2) is 4.96. The number of benzene rings is 1. The first-order chi connectivity index (χ1) is 8.61. The number of pyridine rings is 1. The number of nitrogen functional groups attached to an aromatic ring is 1. The van der Waals surface area contributed by atoms with Crippen molar-refractivity contribution < 1.29 is 4.74 Å². The fourth-order valence-electron chi connectivity index (χ4n) is 1.67. The highest BCUT2D eigenvalue weighted by atomic mass is 16.5. The number of anilines is 3. The second-order valence-corrected chi connectivity index (χ2v) is 4.16. The van der Waals surface area contributed by atoms with Crippen LogP contribution in [0.15, 0.2) is 36.5 Å². The molecule has 0 aliphatic rings. The third kappa shape index (κ3) is 2.37. The predicted molar refractivity (Wildman–Crippen MR) is 74.4 cm³/mol. The van der Waals surface area contributed by atoms with Gasteiger partial charge in [0.2, 0.25) is 0 Å². The Morgan fingerprint density at radius 2 is 1.89 bits per heavy atom. The van der Waals surface area contributed by atoms with Gasteiger partial charge in [0.25, 0.3) is 0 Å². The van der Waals surface area contributed by atoms with E-state index >= 15 is 0 Å². The SMILES string of the molecule is COc1ccc(N(C)c2cc(C)c(N)cn2)cc1. The molecule has 0 saturated heterocycles. The van der Waals surface area contributed by atoms with Gasteiger partial charge in [0, 0.05) is 12.7 Å². The summed E-state index contributed by atoms with van der Waals surface area (Å²) in [5.41, 5.74) is 8.55. The van der Waals surface area contributed by atoms with E-state index in [0.29, 0.717) is 5.69 Å². The lowest BCUT2D eigenvalue weighted by atomic mass is 10.2. The average Bonchev–Trinajstić information content (AvgIpc) is 2.41. The van der Waals surface area contributed by atoms with Gasteiger partial charge >= 0.3 is 0 Å². The molecule has 18 heavy (non-hydrogen) atoms. The van der Waals surface area contributed by atoms with E-state index in [9.17, 15) is 0 Å². The van der Waals surface area contributed by atoms with Gasteiger partial charge < -0.3 is 15.4 Å². The summed E-state index contributed by atoms with van der Waals surface area (Å²) in [6, 6.07) is 9.81. The maximum absolute atomic E-state index is 5.77. The monoisotopic (exact) mass is 243 g/mol. The first-order valence-corrected chi connectivity index (χ1v) is 5.71. The molecule has 1 aromatic heterocycles. The Hall–Kier alpha value is -2.23. The Morgan fingerprint density at radius 3 is 2.44 bits per heavy atom. The highest BCUT2D eigenvalue weighted by molar-refractivity contribution is 5.62. The standard InChI is InChI=1S/C14H17N3O/c1-10-8-14(16-9-13(10)15)17(2)11-4-6-12(18-3)7-5-11/h4-9H,15H2,1-3H3. The van der Waals surface area contributed by atoms with Gasteiger partial charge in [-0.2, -0.15) is 0 Å². The molecule has 1 heterocycles. The van der Waals surface area contributed by atoms with Crippen LogP contribution in [0.25, 0.3) is 0 Å². The molecule has 0 radical (unpaired) electrons. The normalized spacial score (nSPS) is 10.2. The van der Waals surface area contributed by atoms with Gasteiger partial charge in [0.15, 0.2) is 0 Å². The molecule has 0 unspecified atom stereocenters. The zero-order valence-corrected chi connectivity index (χ0v) is 10.8. The summed E-state index contributed by atoms with van der Waals surface area (Å²) < 4.78 is 5.14. The van der Waals surface area contributed by atoms with Gasteiger partial charge in [-0.1, -0.05) is 0 Å². The highest BCUT2D eigenvalue weighted by Gasteiger charge is 2.06. The van der Waals surface area contributed by atoms with Gasteiger partial charge in [0.1, 0.15) is 11.6 Å². The summed E-state index contributed by atoms with van der Waals surface area (Å²) >= 11 is 0. The number of nitrogens with two attached hydrogens (primary N) is 1. The third-order valence-electron chi connectivity index (χ3n) is 2.94. The zero-order valence-electron chi connectivity index (χ0n) is 10.8. The van der Waals surface area contributed by atoms with Crippen LogP contribution < -0.4 is 15.4 Å². The number of aryl methyl sites for hydroxylation is 1. The first kappa shape index (κ1) is 12.2. The Labute approximate surface area is 107 Å². The van der Waals surface area contributed by atoms with Crippen LogP contribution in [0.3, 0.4) is 0 Å². The molecule has 0 bridgehead atoms. The number of ether oxygens (including phenoxy) is 1. The topological polar surface area (TPSA) is 51.4 Å². The number of methoxy groups -OCH3 is 1. The van der Waals surface area contributed by atoms with Crippen molar-refractivity contribution in [2.45, 2.75) is 6.92 Å². The van der Waals surface area contributed by atoms with Crippen molar-refractivity contribution in [1.82, 2.24) is 4.98 Å². The molecule has 4 heteroatoms. The maximum Gasteiger partial charge on any atom is 0.133 e. The minimum Gasteiger partial charge on any atom is -0.497 e. The zero-order chi connectivity index (χ0) is 13.1. The smallest absolute Gasteiger partial charge is 0.133 e. The predicted octanol–water partition coefficient (Wildman–Crippen LogP) is 2.75. The van der Waals surface area contributed by atoms with Crippen LogP contribution in [0.2, 0.25) is 0 Å². The highest BCUT2D eigenvalue weighted by Crippen LogP contribution is 2.25. The van der Waals surface area contributed by atoms with Crippen molar-refractivity contribution in [2.24, 2.45) is 0 Å². The van der Waals surface area contributed by atoms with Crippen LogP contribution in [0, 0.1) is 6.92 Å². The molecule has 4 nitrogen and oxygen atoms in total. The molecule has 94 valence electrons. The summed E-state index contributed by atoms with van der Waals surface area (Å²) in [7, 11) is 3.63. The van der Waals surface area contributed by atoms with Crippen molar-refractivity contribution in [3.8, 4) is 5.75 Å². The Bertz CT molecular complexity index is 537. The van der Waals surface area contributed by atoms with Gasteiger partial charge in [-0.15, -0.1) is 0 Å². The molecule has 0 aliphatic carbocycles. The fourth-order valence-corrected chi connectivity index (χ4v) is 1.67. The molecule has 0 aliphatic heterocycles. The number of hydrogen-bond donors (Lipinski definition) is 1. The van der Waals surface area contributed by atoms with E-state index in [0.717, 1.165) is 22.8 Å². The van der Waals surface area contributed by atoms with E-state index in [4.69, 9.17) is 10.5 Å². The van der Waals surface area contributed by atoms with Crippen LogP contribution in [0.4, 0.5) is 17.2 Å². The first-order valence-electron chi connectivity index (χ1n) is 5.71. The Morgan fingerprint density at radius 1 is 1.22 bits per heavy atom. The molecule has 1 aromatic carbocycles. The van der Waals surface area contributed by atoms with Crippen molar-refractivity contribution in [2.75, 3.05) is 24.8 Å². The van der Waals surface area contributed by atoms with E-state index in [1.807, 2.05) is 49.2 Å². The summed E-state index contributed by atoms with van der Waals surface area (Å²) in [5, 5.41) is 0. The van der Waals surface area contributed by atoms with E-state index in [1.165, 1.54) is 0 Å². The Kier molecular flexibility index (Phi) is 3.37. The van der Waals surface area contributed by atoms with Crippen molar-refractivity contribution >= 4 is 17.2 Å². The van der Waals surface area contributed by atoms with Gasteiger partial charge in [-0.05, 0) is 42.8 Å². The van der Waals surface area contributed by atoms with E-state index in [1.54, 1.807) is 13.3 Å². The maximum atomic E-state index is 5.77. The van der Waals surface area contributed by atoms with E-state index in [2.05, 4.69) is 4.98 Å². The summed E-state index contributed by atoms with van der Waals surface area (Å²) in [4.78, 5) is 6.33. The molecule has 0 amide bonds. The van der Waals surface area contributed by atoms with Crippen LogP contribution in [-0.2, 0) is 0 Å². The van der Waals surface area contributed by atoms with Crippen molar-refractivity contribution in [3.63, 3.8) is 0 Å². The van der Waals surface area contributed by atoms with E-state index in [-0.39, 0.29) is 0 Å². The summed E-state index contributed by atoms with van der Waals surface area (Å²) in [6.45, 7) is 1.97. The summed E-state index contributed by atoms with van der Waals surface area (Å²) in [6.07, 6.45) is 1.69. The molecule has 0 fully saturated rings. The third-order valence-corrected chi connectivity index (χ3v) is 2.94. The molecule has 2 rings (SSSR count). The van der Waals surface area contributed by atoms with Gasteiger partial charge in [-0.3, -0.25) is 0 Å². The molecule has 2 N–H and O–H groups in total. The van der Waals surface area contributed by atoms with Crippen LogP contribution >= 0.6 is 0 Å². The number of hydrogen-bond acceptors (Lipinski definition) is 4. The molecular formula is C14H17N3O. The minimum atomic E-state index is 0.710. The largest absolute Gasteiger partial charge is 0.497 e. The van der Waals surface area contributed by atoms with Crippen LogP contribution in [-0.4, -0.2) is 19.1 Å². The molecule has 2 aromatic rings. The van der Waals surface area contributed by atoms with Gasteiger partial charge in [0.05, 0.1) is 19.0 Å². The lowest BCUT2D eigenvalue weighted by molar-refractivity contribution is 0.415. The molecule has 0 saturated carbocycles. The summed E-state index contributed by atoms with van der Waals surface area (Å²) in [5.74, 6) is 1.71. The van der Waals surface area contributed by atoms with Crippen LogP contribution in [0.5, 0.6) is 5.75 Å². The number of rotatable bonds is 3. The van der Waals surface area contributed by atoms with E-state index < -0.39 is 0 Å². The number of aromatic nitrogens is 1. The van der Waals surface area contributed by atoms with Gasteiger partial charge in [-0.25, -0.2) is 4.98 Å². The molecular weight excluding hydrogens is 226 g/mol. The fraction of sp³-hybridized carbons (Fsp3) is 0.214. The second-order valence-electron chi connectivity index (χ2n) is 4.16.